The van der Waals surface area contributed by atoms with Crippen molar-refractivity contribution in [2.45, 2.75) is 46.0 Å². The van der Waals surface area contributed by atoms with Crippen molar-refractivity contribution in [3.8, 4) is 0 Å². The van der Waals surface area contributed by atoms with Crippen LogP contribution in [0.25, 0.3) is 0 Å². The van der Waals surface area contributed by atoms with Crippen LogP contribution in [0.15, 0.2) is 29.3 Å². The lowest BCUT2D eigenvalue weighted by Crippen LogP contribution is -2.43. The van der Waals surface area contributed by atoms with Crippen molar-refractivity contribution in [1.82, 2.24) is 16.0 Å². The second kappa shape index (κ2) is 8.52. The molecule has 144 valence electrons. The third-order valence-electron chi connectivity index (χ3n) is 4.82. The molecule has 6 heteroatoms. The Hall–Kier alpha value is -2.11. The normalized spacial score (nSPS) is 16.1. The van der Waals surface area contributed by atoms with Crippen molar-refractivity contribution in [3.05, 3.63) is 35.6 Å². The molecule has 1 saturated carbocycles. The van der Waals surface area contributed by atoms with Crippen LogP contribution in [0.4, 0.5) is 4.39 Å². The Labute approximate surface area is 155 Å². The second-order valence-corrected chi connectivity index (χ2v) is 7.55. The molecule has 0 saturated heterocycles. The van der Waals surface area contributed by atoms with Gasteiger partial charge in [0.2, 0.25) is 5.91 Å². The summed E-state index contributed by atoms with van der Waals surface area (Å²) in [6.45, 7) is 9.99. The van der Waals surface area contributed by atoms with Gasteiger partial charge in [-0.05, 0) is 52.2 Å². The lowest BCUT2D eigenvalue weighted by atomic mass is 9.92. The first-order valence-corrected chi connectivity index (χ1v) is 9.40. The number of nitrogens with zero attached hydrogens (tertiary/aromatic N) is 1. The van der Waals surface area contributed by atoms with Gasteiger partial charge in [-0.3, -0.25) is 9.79 Å². The highest BCUT2D eigenvalue weighted by Gasteiger charge is 2.45. The molecule has 1 aromatic rings. The number of amides is 1. The molecule has 1 aliphatic carbocycles. The monoisotopic (exact) mass is 362 g/mol. The van der Waals surface area contributed by atoms with Crippen molar-refractivity contribution in [1.29, 1.82) is 0 Å². The van der Waals surface area contributed by atoms with E-state index >= 15 is 0 Å². The standard InChI is InChI=1S/C20H31FN4O/c1-5-22-17(26)19(3,4)13-24-18(23-6-2)25-14-20(11-12-20)15-9-7-8-10-16(15)21/h7-10H,5-6,11-14H2,1-4H3,(H,22,26)(H2,23,24,25). The summed E-state index contributed by atoms with van der Waals surface area (Å²) in [5.74, 6) is 0.503. The van der Waals surface area contributed by atoms with E-state index in [9.17, 15) is 9.18 Å². The maximum atomic E-state index is 14.1. The van der Waals surface area contributed by atoms with Gasteiger partial charge in [-0.2, -0.15) is 0 Å². The number of carbonyl (C=O) groups is 1. The van der Waals surface area contributed by atoms with E-state index in [1.807, 2.05) is 39.8 Å². The maximum Gasteiger partial charge on any atom is 0.227 e. The zero-order valence-corrected chi connectivity index (χ0v) is 16.3. The average Bonchev–Trinajstić information content (AvgIpc) is 3.39. The van der Waals surface area contributed by atoms with Gasteiger partial charge in [-0.15, -0.1) is 0 Å². The van der Waals surface area contributed by atoms with Gasteiger partial charge < -0.3 is 16.0 Å². The van der Waals surface area contributed by atoms with Gasteiger partial charge in [0.15, 0.2) is 5.96 Å². The second-order valence-electron chi connectivity index (χ2n) is 7.55. The largest absolute Gasteiger partial charge is 0.357 e. The lowest BCUT2D eigenvalue weighted by molar-refractivity contribution is -0.128. The van der Waals surface area contributed by atoms with Crippen molar-refractivity contribution in [2.24, 2.45) is 10.4 Å². The molecule has 0 heterocycles. The smallest absolute Gasteiger partial charge is 0.227 e. The predicted octanol–water partition coefficient (Wildman–Crippen LogP) is 2.57. The number of carbonyl (C=O) groups excluding carboxylic acids is 1. The van der Waals surface area contributed by atoms with Crippen molar-refractivity contribution >= 4 is 11.9 Å². The fourth-order valence-corrected chi connectivity index (χ4v) is 2.93. The number of aliphatic imine (C=N–C) groups is 1. The van der Waals surface area contributed by atoms with E-state index in [1.54, 1.807) is 6.07 Å². The molecular weight excluding hydrogens is 331 g/mol. The van der Waals surface area contributed by atoms with E-state index in [4.69, 9.17) is 0 Å². The van der Waals surface area contributed by atoms with Crippen LogP contribution in [0.3, 0.4) is 0 Å². The first-order chi connectivity index (χ1) is 12.3. The SMILES string of the molecule is CCNC(=O)C(C)(C)CN=C(NCC)NCC1(c2ccccc2F)CC1. The third kappa shape index (κ3) is 4.96. The molecule has 0 unspecified atom stereocenters. The van der Waals surface area contributed by atoms with Crippen LogP contribution in [0.2, 0.25) is 0 Å². The van der Waals surface area contributed by atoms with Crippen LogP contribution in [-0.4, -0.2) is 38.0 Å². The molecule has 2 rings (SSSR count). The van der Waals surface area contributed by atoms with E-state index in [0.29, 0.717) is 25.6 Å². The zero-order valence-electron chi connectivity index (χ0n) is 16.3. The highest BCUT2D eigenvalue weighted by Crippen LogP contribution is 2.48. The molecule has 0 aliphatic heterocycles. The summed E-state index contributed by atoms with van der Waals surface area (Å²) >= 11 is 0. The highest BCUT2D eigenvalue weighted by atomic mass is 19.1. The molecule has 1 amide bonds. The summed E-state index contributed by atoms with van der Waals surface area (Å²) in [6, 6.07) is 6.99. The maximum absolute atomic E-state index is 14.1. The number of hydrogen-bond acceptors (Lipinski definition) is 2. The molecule has 0 aromatic heterocycles. The van der Waals surface area contributed by atoms with Crippen LogP contribution in [0.1, 0.15) is 46.1 Å². The van der Waals surface area contributed by atoms with Gasteiger partial charge in [0.05, 0.1) is 12.0 Å². The van der Waals surface area contributed by atoms with Crippen LogP contribution >= 0.6 is 0 Å². The molecule has 1 fully saturated rings. The van der Waals surface area contributed by atoms with Crippen LogP contribution in [0, 0.1) is 11.2 Å². The van der Waals surface area contributed by atoms with Crippen molar-refractivity contribution in [2.75, 3.05) is 26.2 Å². The fourth-order valence-electron chi connectivity index (χ4n) is 2.93. The summed E-state index contributed by atoms with van der Waals surface area (Å²) in [7, 11) is 0. The topological polar surface area (TPSA) is 65.5 Å². The van der Waals surface area contributed by atoms with Crippen LogP contribution in [0.5, 0.6) is 0 Å². The summed E-state index contributed by atoms with van der Waals surface area (Å²) in [4.78, 5) is 16.7. The van der Waals surface area contributed by atoms with E-state index < -0.39 is 5.41 Å². The summed E-state index contributed by atoms with van der Waals surface area (Å²) in [5.41, 5.74) is 0.0312. The first-order valence-electron chi connectivity index (χ1n) is 9.40. The van der Waals surface area contributed by atoms with Crippen molar-refractivity contribution < 1.29 is 9.18 Å². The Morgan fingerprint density at radius 2 is 1.81 bits per heavy atom. The van der Waals surface area contributed by atoms with E-state index in [1.165, 1.54) is 6.07 Å². The minimum atomic E-state index is -0.582. The van der Waals surface area contributed by atoms with Gasteiger partial charge in [0, 0.05) is 25.0 Å². The quantitative estimate of drug-likeness (QED) is 0.492. The summed E-state index contributed by atoms with van der Waals surface area (Å²) in [6.07, 6.45) is 1.93. The number of halogens is 1. The fraction of sp³-hybridized carbons (Fsp3) is 0.600. The molecular formula is C20H31FN4O. The minimum absolute atomic E-state index is 0.00961. The van der Waals surface area contributed by atoms with E-state index in [-0.39, 0.29) is 17.1 Å². The number of hydrogen-bond donors (Lipinski definition) is 3. The van der Waals surface area contributed by atoms with Gasteiger partial charge in [0.1, 0.15) is 5.82 Å². The van der Waals surface area contributed by atoms with E-state index in [0.717, 1.165) is 24.9 Å². The van der Waals surface area contributed by atoms with Gasteiger partial charge in [0.25, 0.3) is 0 Å². The Bertz CT molecular complexity index is 653. The molecule has 0 atom stereocenters. The van der Waals surface area contributed by atoms with Crippen LogP contribution in [-0.2, 0) is 10.2 Å². The van der Waals surface area contributed by atoms with Crippen molar-refractivity contribution in [3.63, 3.8) is 0 Å². The van der Waals surface area contributed by atoms with Crippen LogP contribution < -0.4 is 16.0 Å². The molecule has 0 radical (unpaired) electrons. The third-order valence-corrected chi connectivity index (χ3v) is 4.82. The molecule has 26 heavy (non-hydrogen) atoms. The Kier molecular flexibility index (Phi) is 6.62. The Balaban J connectivity index is 2.02. The molecule has 1 aromatic carbocycles. The van der Waals surface area contributed by atoms with Gasteiger partial charge in [-0.1, -0.05) is 18.2 Å². The average molecular weight is 362 g/mol. The first kappa shape index (κ1) is 20.2. The number of rotatable bonds is 8. The highest BCUT2D eigenvalue weighted by molar-refractivity contribution is 5.83. The number of nitrogens with one attached hydrogen (secondary N) is 3. The summed E-state index contributed by atoms with van der Waals surface area (Å²) in [5, 5.41) is 9.38. The van der Waals surface area contributed by atoms with Gasteiger partial charge in [-0.25, -0.2) is 4.39 Å². The predicted molar refractivity (Wildman–Crippen MR) is 104 cm³/mol. The van der Waals surface area contributed by atoms with Gasteiger partial charge >= 0.3 is 0 Å². The Morgan fingerprint density at radius 1 is 1.15 bits per heavy atom. The molecule has 3 N–H and O–H groups in total. The minimum Gasteiger partial charge on any atom is -0.357 e. The number of guanidine groups is 1. The Morgan fingerprint density at radius 3 is 2.38 bits per heavy atom. The molecule has 5 nitrogen and oxygen atoms in total. The molecule has 0 bridgehead atoms. The molecule has 1 aliphatic rings. The van der Waals surface area contributed by atoms with E-state index in [2.05, 4.69) is 20.9 Å². The zero-order chi connectivity index (χ0) is 19.2. The lowest BCUT2D eigenvalue weighted by Gasteiger charge is -2.23. The molecule has 0 spiro atoms. The summed E-state index contributed by atoms with van der Waals surface area (Å²) < 4.78 is 14.1. The number of benzene rings is 1.